The second-order valence-electron chi connectivity index (χ2n) is 3.30. The van der Waals surface area contributed by atoms with Crippen molar-refractivity contribution in [3.63, 3.8) is 0 Å². The summed E-state index contributed by atoms with van der Waals surface area (Å²) in [4.78, 5) is 11.4. The summed E-state index contributed by atoms with van der Waals surface area (Å²) < 4.78 is 37.4. The summed E-state index contributed by atoms with van der Waals surface area (Å²) >= 11 is 5.41. The lowest BCUT2D eigenvalue weighted by Gasteiger charge is -2.10. The molecule has 0 heterocycles. The van der Waals surface area contributed by atoms with Crippen LogP contribution in [-0.4, -0.2) is 5.78 Å². The lowest BCUT2D eigenvalue weighted by molar-refractivity contribution is -0.137. The lowest BCUT2D eigenvalue weighted by atomic mass is 10.0. The fourth-order valence-electron chi connectivity index (χ4n) is 1.13. The molecule has 0 aromatic heterocycles. The Balaban J connectivity index is 3.28. The van der Waals surface area contributed by atoms with Crippen LogP contribution in [0.25, 0.3) is 0 Å². The summed E-state index contributed by atoms with van der Waals surface area (Å²) in [6, 6.07) is 3.04. The monoisotopic (exact) mass is 248 g/mol. The van der Waals surface area contributed by atoms with E-state index in [1.165, 1.54) is 13.0 Å². The van der Waals surface area contributed by atoms with Crippen LogP contribution in [0.1, 0.15) is 22.8 Å². The van der Waals surface area contributed by atoms with Crippen LogP contribution in [0.3, 0.4) is 0 Å². The van der Waals surface area contributed by atoms with E-state index in [0.717, 1.165) is 12.1 Å². The van der Waals surface area contributed by atoms with Gasteiger partial charge in [0, 0.05) is 5.56 Å². The number of benzene rings is 1. The van der Waals surface area contributed by atoms with E-state index in [4.69, 9.17) is 11.6 Å². The highest BCUT2D eigenvalue weighted by atomic mass is 35.5. The van der Waals surface area contributed by atoms with E-state index < -0.39 is 22.5 Å². The predicted octanol–water partition coefficient (Wildman–Crippen LogP) is 4.12. The van der Waals surface area contributed by atoms with Gasteiger partial charge in [-0.2, -0.15) is 13.2 Å². The van der Waals surface area contributed by atoms with Gasteiger partial charge in [-0.1, -0.05) is 18.2 Å². The minimum atomic E-state index is -4.57. The van der Waals surface area contributed by atoms with Crippen LogP contribution in [0.2, 0.25) is 5.02 Å². The Morgan fingerprint density at radius 2 is 1.94 bits per heavy atom. The fraction of sp³-hybridized carbons (Fsp3) is 0.182. The van der Waals surface area contributed by atoms with Crippen LogP contribution < -0.4 is 0 Å². The molecule has 5 heteroatoms. The summed E-state index contributed by atoms with van der Waals surface area (Å²) in [5, 5.41) is -0.425. The first kappa shape index (κ1) is 12.8. The third kappa shape index (κ3) is 2.64. The van der Waals surface area contributed by atoms with Crippen molar-refractivity contribution < 1.29 is 18.0 Å². The van der Waals surface area contributed by atoms with Crippen LogP contribution in [0.4, 0.5) is 13.2 Å². The van der Waals surface area contributed by atoms with Gasteiger partial charge in [-0.3, -0.25) is 4.79 Å². The second kappa shape index (κ2) is 4.29. The van der Waals surface area contributed by atoms with Crippen LogP contribution >= 0.6 is 11.6 Å². The fourth-order valence-corrected chi connectivity index (χ4v) is 1.35. The van der Waals surface area contributed by atoms with Gasteiger partial charge in [0.25, 0.3) is 0 Å². The molecule has 0 saturated carbocycles. The molecule has 0 atom stereocenters. The van der Waals surface area contributed by atoms with Gasteiger partial charge >= 0.3 is 6.18 Å². The first-order valence-electron chi connectivity index (χ1n) is 4.30. The number of carbonyl (C=O) groups excluding carboxylic acids is 1. The average molecular weight is 249 g/mol. The zero-order valence-corrected chi connectivity index (χ0v) is 9.12. The summed E-state index contributed by atoms with van der Waals surface area (Å²) in [6.07, 6.45) is -4.57. The molecule has 0 fully saturated rings. The number of halogens is 4. The van der Waals surface area contributed by atoms with E-state index in [9.17, 15) is 18.0 Å². The molecule has 0 aliphatic carbocycles. The van der Waals surface area contributed by atoms with Gasteiger partial charge in [0.05, 0.1) is 10.6 Å². The van der Waals surface area contributed by atoms with Gasteiger partial charge in [-0.25, -0.2) is 0 Å². The number of ketones is 1. The summed E-state index contributed by atoms with van der Waals surface area (Å²) in [5.74, 6) is -0.526. The first-order valence-corrected chi connectivity index (χ1v) is 4.68. The molecule has 0 amide bonds. The van der Waals surface area contributed by atoms with E-state index >= 15 is 0 Å². The number of rotatable bonds is 2. The lowest BCUT2D eigenvalue weighted by Crippen LogP contribution is -2.08. The van der Waals surface area contributed by atoms with Gasteiger partial charge < -0.3 is 0 Å². The highest BCUT2D eigenvalue weighted by Gasteiger charge is 2.33. The number of hydrogen-bond acceptors (Lipinski definition) is 1. The van der Waals surface area contributed by atoms with E-state index in [2.05, 4.69) is 6.58 Å². The third-order valence-electron chi connectivity index (χ3n) is 1.92. The Hall–Kier alpha value is -1.29. The molecule has 0 bridgehead atoms. The molecule has 1 aromatic carbocycles. The minimum Gasteiger partial charge on any atom is -0.289 e. The van der Waals surface area contributed by atoms with Crippen molar-refractivity contribution >= 4 is 17.4 Å². The van der Waals surface area contributed by atoms with E-state index in [-0.39, 0.29) is 11.1 Å². The smallest absolute Gasteiger partial charge is 0.289 e. The molecule has 1 nitrogen and oxygen atoms in total. The van der Waals surface area contributed by atoms with Crippen LogP contribution in [0, 0.1) is 0 Å². The Labute approximate surface area is 95.5 Å². The van der Waals surface area contributed by atoms with E-state index in [1.54, 1.807) is 0 Å². The summed E-state index contributed by atoms with van der Waals surface area (Å²) in [5.41, 5.74) is -0.902. The molecule has 0 aliphatic rings. The van der Waals surface area contributed by atoms with E-state index in [1.807, 2.05) is 0 Å². The quantitative estimate of drug-likeness (QED) is 0.568. The highest BCUT2D eigenvalue weighted by molar-refractivity contribution is 6.31. The minimum absolute atomic E-state index is 0.0655. The first-order chi connectivity index (χ1) is 7.23. The number of allylic oxidation sites excluding steroid dienone is 1. The van der Waals surface area contributed by atoms with Crippen LogP contribution in [-0.2, 0) is 6.18 Å². The summed E-state index contributed by atoms with van der Waals surface area (Å²) in [6.45, 7) is 4.82. The van der Waals surface area contributed by atoms with Crippen molar-refractivity contribution in [3.05, 3.63) is 46.5 Å². The van der Waals surface area contributed by atoms with Crippen LogP contribution in [0.5, 0.6) is 0 Å². The molecule has 0 N–H and O–H groups in total. The molecule has 0 radical (unpaired) electrons. The SMILES string of the molecule is C=C(C)C(=O)c1ccc(Cl)c(C(F)(F)F)c1. The van der Waals surface area contributed by atoms with Crippen molar-refractivity contribution in [2.75, 3.05) is 0 Å². The molecule has 1 rings (SSSR count). The topological polar surface area (TPSA) is 17.1 Å². The molecule has 0 unspecified atom stereocenters. The Morgan fingerprint density at radius 3 is 2.38 bits per heavy atom. The van der Waals surface area contributed by atoms with Crippen molar-refractivity contribution in [2.45, 2.75) is 13.1 Å². The number of carbonyl (C=O) groups is 1. The zero-order chi connectivity index (χ0) is 12.5. The van der Waals surface area contributed by atoms with Crippen LogP contribution in [0.15, 0.2) is 30.4 Å². The predicted molar refractivity (Wildman–Crippen MR) is 55.6 cm³/mol. The average Bonchev–Trinajstić information content (AvgIpc) is 2.15. The normalized spacial score (nSPS) is 11.3. The Bertz CT molecular complexity index is 449. The molecule has 0 aliphatic heterocycles. The number of alkyl halides is 3. The van der Waals surface area contributed by atoms with Gasteiger partial charge in [0.2, 0.25) is 0 Å². The molecular weight excluding hydrogens is 241 g/mol. The largest absolute Gasteiger partial charge is 0.417 e. The standard InChI is InChI=1S/C11H8ClF3O/c1-6(2)10(16)7-3-4-9(12)8(5-7)11(13,14)15/h3-5H,1H2,2H3. The molecule has 86 valence electrons. The van der Waals surface area contributed by atoms with Crippen molar-refractivity contribution in [1.29, 1.82) is 0 Å². The van der Waals surface area contributed by atoms with Gasteiger partial charge in [0.1, 0.15) is 0 Å². The maximum absolute atomic E-state index is 12.5. The molecule has 1 aromatic rings. The number of Topliss-reactive ketones (excluding diaryl/α,β-unsaturated/α-hetero) is 1. The third-order valence-corrected chi connectivity index (χ3v) is 2.25. The second-order valence-corrected chi connectivity index (χ2v) is 3.71. The molecule has 16 heavy (non-hydrogen) atoms. The van der Waals surface area contributed by atoms with E-state index in [0.29, 0.717) is 0 Å². The van der Waals surface area contributed by atoms with Crippen molar-refractivity contribution in [1.82, 2.24) is 0 Å². The van der Waals surface area contributed by atoms with Gasteiger partial charge in [-0.05, 0) is 30.7 Å². The molecule has 0 spiro atoms. The maximum Gasteiger partial charge on any atom is 0.417 e. The number of hydrogen-bond donors (Lipinski definition) is 0. The van der Waals surface area contributed by atoms with Gasteiger partial charge in [-0.15, -0.1) is 0 Å². The molecule has 0 saturated heterocycles. The van der Waals surface area contributed by atoms with Crippen molar-refractivity contribution in [3.8, 4) is 0 Å². The highest BCUT2D eigenvalue weighted by Crippen LogP contribution is 2.35. The summed E-state index contributed by atoms with van der Waals surface area (Å²) in [7, 11) is 0. The zero-order valence-electron chi connectivity index (χ0n) is 8.36. The Kier molecular flexibility index (Phi) is 3.43. The van der Waals surface area contributed by atoms with Crippen molar-refractivity contribution in [2.24, 2.45) is 0 Å². The Morgan fingerprint density at radius 1 is 1.38 bits per heavy atom. The maximum atomic E-state index is 12.5. The molecular formula is C11H8ClF3O. The van der Waals surface area contributed by atoms with Gasteiger partial charge in [0.15, 0.2) is 5.78 Å².